The van der Waals surface area contributed by atoms with Crippen LogP contribution in [0.3, 0.4) is 0 Å². The molecule has 0 saturated heterocycles. The molecule has 1 aliphatic heterocycles. The van der Waals surface area contributed by atoms with Gasteiger partial charge in [-0.15, -0.1) is 0 Å². The lowest BCUT2D eigenvalue weighted by atomic mass is 9.89. The van der Waals surface area contributed by atoms with Gasteiger partial charge in [0.2, 0.25) is 0 Å². The summed E-state index contributed by atoms with van der Waals surface area (Å²) in [5.41, 5.74) is 0.543. The molecule has 1 heterocycles. The number of ketones is 1. The molecule has 0 saturated carbocycles. The van der Waals surface area contributed by atoms with Crippen LogP contribution < -0.4 is 5.32 Å². The van der Waals surface area contributed by atoms with Gasteiger partial charge in [-0.25, -0.2) is 0 Å². The van der Waals surface area contributed by atoms with E-state index in [-0.39, 0.29) is 12.1 Å². The fraction of sp³-hybridized carbons (Fsp3) is 0.182. The van der Waals surface area contributed by atoms with E-state index >= 15 is 0 Å². The highest BCUT2D eigenvalue weighted by atomic mass is 19.4. The van der Waals surface area contributed by atoms with Crippen LogP contribution in [0.25, 0.3) is 5.70 Å². The Morgan fingerprint density at radius 2 is 1.86 bits per heavy atom. The Kier molecular flexibility index (Phi) is 5.36. The molecule has 1 aliphatic rings. The lowest BCUT2D eigenvalue weighted by molar-refractivity contribution is -0.119. The molecule has 3 nitrogen and oxygen atoms in total. The van der Waals surface area contributed by atoms with Gasteiger partial charge in [0.1, 0.15) is 6.04 Å². The average molecular weight is 382 g/mol. The minimum atomic E-state index is -4.74. The number of carbonyl (C=O) groups excluding carboxylic acids is 1. The summed E-state index contributed by atoms with van der Waals surface area (Å²) in [5, 5.41) is 12.2. The van der Waals surface area contributed by atoms with Gasteiger partial charge in [-0.1, -0.05) is 54.1 Å². The Morgan fingerprint density at radius 1 is 1.14 bits per heavy atom. The number of nitrogens with one attached hydrogen (secondary N) is 1. The highest BCUT2D eigenvalue weighted by Crippen LogP contribution is 2.36. The van der Waals surface area contributed by atoms with Gasteiger partial charge < -0.3 is 5.32 Å². The molecule has 28 heavy (non-hydrogen) atoms. The van der Waals surface area contributed by atoms with E-state index in [9.17, 15) is 23.2 Å². The summed E-state index contributed by atoms with van der Waals surface area (Å²) in [7, 11) is 0. The van der Waals surface area contributed by atoms with Crippen molar-refractivity contribution < 1.29 is 18.0 Å². The number of benzene rings is 2. The van der Waals surface area contributed by atoms with Crippen molar-refractivity contribution in [3.05, 3.63) is 88.5 Å². The van der Waals surface area contributed by atoms with Gasteiger partial charge in [-0.2, -0.15) is 18.4 Å². The maximum atomic E-state index is 13.6. The van der Waals surface area contributed by atoms with E-state index in [0.717, 1.165) is 11.6 Å². The van der Waals surface area contributed by atoms with Crippen molar-refractivity contribution in [3.63, 3.8) is 0 Å². The fourth-order valence-corrected chi connectivity index (χ4v) is 3.13. The number of nitriles is 1. The van der Waals surface area contributed by atoms with Crippen LogP contribution in [-0.2, 0) is 11.2 Å². The SMILES string of the molecule is Cc1cccc(C2=CC(C(F)(F)F)=C(C#N)C(C(=O)Cc3ccccc3)N2)c1. The molecule has 2 aromatic carbocycles. The van der Waals surface area contributed by atoms with Gasteiger partial charge in [0.25, 0.3) is 0 Å². The first-order valence-electron chi connectivity index (χ1n) is 8.63. The Morgan fingerprint density at radius 3 is 2.46 bits per heavy atom. The smallest absolute Gasteiger partial charge is 0.371 e. The highest BCUT2D eigenvalue weighted by molar-refractivity contribution is 5.93. The summed E-state index contributed by atoms with van der Waals surface area (Å²) in [6, 6.07) is 15.9. The van der Waals surface area contributed by atoms with Gasteiger partial charge >= 0.3 is 6.18 Å². The van der Waals surface area contributed by atoms with Gasteiger partial charge in [0, 0.05) is 12.1 Å². The number of hydrogen-bond acceptors (Lipinski definition) is 3. The number of aryl methyl sites for hydroxylation is 1. The normalized spacial score (nSPS) is 16.8. The zero-order valence-corrected chi connectivity index (χ0v) is 15.0. The molecule has 2 aromatic rings. The van der Waals surface area contributed by atoms with Crippen LogP contribution in [-0.4, -0.2) is 18.0 Å². The number of nitrogens with zero attached hydrogens (tertiary/aromatic N) is 1. The van der Waals surface area contributed by atoms with Crippen molar-refractivity contribution in [2.45, 2.75) is 25.6 Å². The Labute approximate surface area is 160 Å². The number of Topliss-reactive ketones (excluding diaryl/α,β-unsaturated/α-hetero) is 1. The minimum Gasteiger partial charge on any atom is -0.371 e. The standard InChI is InChI=1S/C22H17F3N2O/c1-14-6-5-9-16(10-14)19-12-18(22(23,24)25)17(13-26)21(27-19)20(28)11-15-7-3-2-4-8-15/h2-10,12,21,27H,11H2,1H3. The third kappa shape index (κ3) is 4.15. The molecule has 1 unspecified atom stereocenters. The van der Waals surface area contributed by atoms with Crippen LogP contribution in [0.2, 0.25) is 0 Å². The molecule has 0 spiro atoms. The number of hydrogen-bond donors (Lipinski definition) is 1. The predicted octanol–water partition coefficient (Wildman–Crippen LogP) is 4.50. The molecular weight excluding hydrogens is 365 g/mol. The molecule has 0 radical (unpaired) electrons. The molecule has 0 aliphatic carbocycles. The van der Waals surface area contributed by atoms with Crippen molar-refractivity contribution in [2.75, 3.05) is 0 Å². The number of alkyl halides is 3. The summed E-state index contributed by atoms with van der Waals surface area (Å²) < 4.78 is 40.9. The molecule has 1 N–H and O–H groups in total. The van der Waals surface area contributed by atoms with Crippen LogP contribution in [0.5, 0.6) is 0 Å². The van der Waals surface area contributed by atoms with E-state index < -0.39 is 29.1 Å². The highest BCUT2D eigenvalue weighted by Gasteiger charge is 2.41. The van der Waals surface area contributed by atoms with Gasteiger partial charge in [-0.05, 0) is 30.2 Å². The summed E-state index contributed by atoms with van der Waals surface area (Å²) in [6.07, 6.45) is -3.91. The number of halogens is 3. The average Bonchev–Trinajstić information content (AvgIpc) is 2.67. The maximum absolute atomic E-state index is 13.6. The second-order valence-corrected chi connectivity index (χ2v) is 6.57. The van der Waals surface area contributed by atoms with E-state index in [4.69, 9.17) is 0 Å². The van der Waals surface area contributed by atoms with E-state index in [1.807, 2.05) is 13.0 Å². The Bertz CT molecular complexity index is 998. The Balaban J connectivity index is 2.04. The van der Waals surface area contributed by atoms with E-state index in [0.29, 0.717) is 11.1 Å². The first-order chi connectivity index (χ1) is 13.3. The van der Waals surface area contributed by atoms with Crippen LogP contribution >= 0.6 is 0 Å². The molecule has 6 heteroatoms. The van der Waals surface area contributed by atoms with Crippen molar-refractivity contribution in [1.82, 2.24) is 5.32 Å². The monoisotopic (exact) mass is 382 g/mol. The van der Waals surface area contributed by atoms with Gasteiger partial charge in [0.15, 0.2) is 5.78 Å². The number of rotatable bonds is 4. The number of carbonyl (C=O) groups is 1. The summed E-state index contributed by atoms with van der Waals surface area (Å²) in [5.74, 6) is -0.497. The maximum Gasteiger partial charge on any atom is 0.417 e. The van der Waals surface area contributed by atoms with Gasteiger partial charge in [0.05, 0.1) is 17.2 Å². The molecule has 0 amide bonds. The van der Waals surface area contributed by atoms with E-state index in [1.165, 1.54) is 0 Å². The number of allylic oxidation sites excluding steroid dienone is 2. The molecular formula is C22H17F3N2O. The zero-order chi connectivity index (χ0) is 20.3. The predicted molar refractivity (Wildman–Crippen MR) is 99.9 cm³/mol. The minimum absolute atomic E-state index is 0.0735. The third-order valence-corrected chi connectivity index (χ3v) is 4.47. The van der Waals surface area contributed by atoms with Crippen molar-refractivity contribution in [1.29, 1.82) is 5.26 Å². The van der Waals surface area contributed by atoms with Crippen LogP contribution in [0.1, 0.15) is 16.7 Å². The zero-order valence-electron chi connectivity index (χ0n) is 15.0. The van der Waals surface area contributed by atoms with Crippen LogP contribution in [0, 0.1) is 18.3 Å². The topological polar surface area (TPSA) is 52.9 Å². The third-order valence-electron chi connectivity index (χ3n) is 4.47. The number of dihydropyridines is 1. The molecule has 1 atom stereocenters. The lowest BCUT2D eigenvalue weighted by Crippen LogP contribution is -2.42. The summed E-state index contributed by atoms with van der Waals surface area (Å²) in [4.78, 5) is 12.8. The first kappa shape index (κ1) is 19.4. The largest absolute Gasteiger partial charge is 0.417 e. The summed E-state index contributed by atoms with van der Waals surface area (Å²) in [6.45, 7) is 1.83. The van der Waals surface area contributed by atoms with Gasteiger partial charge in [-0.3, -0.25) is 4.79 Å². The molecule has 0 bridgehead atoms. The van der Waals surface area contributed by atoms with E-state index in [1.54, 1.807) is 54.6 Å². The fourth-order valence-electron chi connectivity index (χ4n) is 3.13. The molecule has 0 aromatic heterocycles. The van der Waals surface area contributed by atoms with Crippen molar-refractivity contribution >= 4 is 11.5 Å². The second kappa shape index (κ2) is 7.73. The lowest BCUT2D eigenvalue weighted by Gasteiger charge is -2.28. The van der Waals surface area contributed by atoms with E-state index in [2.05, 4.69) is 5.32 Å². The van der Waals surface area contributed by atoms with Crippen LogP contribution in [0.4, 0.5) is 13.2 Å². The van der Waals surface area contributed by atoms with Crippen LogP contribution in [0.15, 0.2) is 71.8 Å². The molecule has 0 fully saturated rings. The quantitative estimate of drug-likeness (QED) is 0.847. The first-order valence-corrected chi connectivity index (χ1v) is 8.63. The Hall–Kier alpha value is -3.33. The van der Waals surface area contributed by atoms with Crippen molar-refractivity contribution in [3.8, 4) is 6.07 Å². The molecule has 3 rings (SSSR count). The second-order valence-electron chi connectivity index (χ2n) is 6.57. The molecule has 142 valence electrons. The van der Waals surface area contributed by atoms with Crippen molar-refractivity contribution in [2.24, 2.45) is 0 Å². The summed E-state index contributed by atoms with van der Waals surface area (Å²) >= 11 is 0.